The summed E-state index contributed by atoms with van der Waals surface area (Å²) >= 11 is 0. The van der Waals surface area contributed by atoms with Crippen molar-refractivity contribution in [2.75, 3.05) is 5.01 Å². The number of Topliss-reactive ketones (excluding diaryl/α,β-unsaturated/α-hetero) is 1. The van der Waals surface area contributed by atoms with Crippen LogP contribution in [0.2, 0.25) is 0 Å². The molecule has 0 N–H and O–H groups in total. The van der Waals surface area contributed by atoms with Crippen LogP contribution >= 0.6 is 0 Å². The number of carbonyl (C=O) groups is 2. The Morgan fingerprint density at radius 2 is 1.82 bits per heavy atom. The van der Waals surface area contributed by atoms with Gasteiger partial charge in [-0.2, -0.15) is 10.1 Å². The van der Waals surface area contributed by atoms with Gasteiger partial charge >= 0.3 is 5.91 Å². The van der Waals surface area contributed by atoms with Crippen molar-refractivity contribution in [3.8, 4) is 0 Å². The Balaban J connectivity index is 2.33. The molecule has 0 bridgehead atoms. The number of amides is 1. The van der Waals surface area contributed by atoms with E-state index in [1.165, 1.54) is 31.2 Å². The molecule has 1 aliphatic rings. The van der Waals surface area contributed by atoms with Crippen molar-refractivity contribution < 1.29 is 14.5 Å². The SMILES string of the molecule is CC1=NN(c2ccc([N+](=O)[O-])cc2)C(=O)C1=O. The number of anilines is 1. The molecule has 1 aromatic rings. The van der Waals surface area contributed by atoms with Crippen LogP contribution in [-0.2, 0) is 9.59 Å². The first-order valence-corrected chi connectivity index (χ1v) is 4.69. The zero-order valence-corrected chi connectivity index (χ0v) is 8.78. The molecule has 0 saturated carbocycles. The van der Waals surface area contributed by atoms with Crippen LogP contribution in [0.15, 0.2) is 29.4 Å². The fourth-order valence-electron chi connectivity index (χ4n) is 1.38. The maximum atomic E-state index is 11.5. The van der Waals surface area contributed by atoms with Gasteiger partial charge in [-0.1, -0.05) is 0 Å². The van der Waals surface area contributed by atoms with E-state index in [0.717, 1.165) is 5.01 Å². The Hall–Kier alpha value is -2.57. The number of nitro groups is 1. The fourth-order valence-corrected chi connectivity index (χ4v) is 1.38. The average molecular weight is 233 g/mol. The van der Waals surface area contributed by atoms with E-state index in [-0.39, 0.29) is 11.4 Å². The molecule has 2 rings (SSSR count). The van der Waals surface area contributed by atoms with Crippen LogP contribution in [0.5, 0.6) is 0 Å². The average Bonchev–Trinajstić information content (AvgIpc) is 2.57. The molecule has 0 fully saturated rings. The topological polar surface area (TPSA) is 92.9 Å². The first kappa shape index (κ1) is 10.9. The van der Waals surface area contributed by atoms with Gasteiger partial charge in [-0.15, -0.1) is 0 Å². The second kappa shape index (κ2) is 3.78. The minimum Gasteiger partial charge on any atom is -0.282 e. The van der Waals surface area contributed by atoms with Crippen LogP contribution in [0.1, 0.15) is 6.92 Å². The van der Waals surface area contributed by atoms with Crippen molar-refractivity contribution in [3.63, 3.8) is 0 Å². The molecule has 7 heteroatoms. The number of benzene rings is 1. The Morgan fingerprint density at radius 1 is 1.24 bits per heavy atom. The lowest BCUT2D eigenvalue weighted by molar-refractivity contribution is -0.384. The van der Waals surface area contributed by atoms with Gasteiger partial charge in [0.05, 0.1) is 10.6 Å². The van der Waals surface area contributed by atoms with Gasteiger partial charge in [0.15, 0.2) is 0 Å². The third-order valence-electron chi connectivity index (χ3n) is 2.27. The monoisotopic (exact) mass is 233 g/mol. The molecule has 0 radical (unpaired) electrons. The lowest BCUT2D eigenvalue weighted by atomic mass is 10.2. The molecule has 1 aliphatic heterocycles. The number of carbonyl (C=O) groups excluding carboxylic acids is 2. The summed E-state index contributed by atoms with van der Waals surface area (Å²) < 4.78 is 0. The number of ketones is 1. The fraction of sp³-hybridized carbons (Fsp3) is 0.100. The normalized spacial score (nSPS) is 15.1. The molecular formula is C10H7N3O4. The number of nitro benzene ring substituents is 1. The van der Waals surface area contributed by atoms with Gasteiger partial charge < -0.3 is 0 Å². The van der Waals surface area contributed by atoms with Gasteiger partial charge in [0.25, 0.3) is 11.5 Å². The molecule has 86 valence electrons. The van der Waals surface area contributed by atoms with E-state index in [4.69, 9.17) is 0 Å². The van der Waals surface area contributed by atoms with Crippen molar-refractivity contribution in [1.82, 2.24) is 0 Å². The molecular weight excluding hydrogens is 226 g/mol. The van der Waals surface area contributed by atoms with Gasteiger partial charge in [-0.05, 0) is 19.1 Å². The maximum absolute atomic E-state index is 11.5. The van der Waals surface area contributed by atoms with Crippen LogP contribution < -0.4 is 5.01 Å². The molecule has 7 nitrogen and oxygen atoms in total. The molecule has 0 aromatic heterocycles. The van der Waals surface area contributed by atoms with E-state index in [1.54, 1.807) is 0 Å². The zero-order valence-electron chi connectivity index (χ0n) is 8.78. The second-order valence-corrected chi connectivity index (χ2v) is 3.40. The third kappa shape index (κ3) is 1.78. The van der Waals surface area contributed by atoms with Crippen LogP contribution in [0.25, 0.3) is 0 Å². The summed E-state index contributed by atoms with van der Waals surface area (Å²) in [7, 11) is 0. The lowest BCUT2D eigenvalue weighted by Gasteiger charge is -2.09. The number of non-ortho nitro benzene ring substituents is 1. The Morgan fingerprint density at radius 3 is 2.24 bits per heavy atom. The molecule has 0 atom stereocenters. The first-order valence-electron chi connectivity index (χ1n) is 4.69. The van der Waals surface area contributed by atoms with E-state index >= 15 is 0 Å². The number of hydrazone groups is 1. The number of hydrogen-bond acceptors (Lipinski definition) is 5. The quantitative estimate of drug-likeness (QED) is 0.430. The van der Waals surface area contributed by atoms with E-state index in [0.29, 0.717) is 5.69 Å². The van der Waals surface area contributed by atoms with E-state index < -0.39 is 16.6 Å². The van der Waals surface area contributed by atoms with Gasteiger partial charge in [0.1, 0.15) is 5.71 Å². The highest BCUT2D eigenvalue weighted by Gasteiger charge is 2.32. The van der Waals surface area contributed by atoms with Gasteiger partial charge in [0, 0.05) is 12.1 Å². The Labute approximate surface area is 95.5 Å². The molecule has 1 amide bonds. The summed E-state index contributed by atoms with van der Waals surface area (Å²) in [5, 5.41) is 15.2. The molecule has 0 aliphatic carbocycles. The molecule has 0 unspecified atom stereocenters. The number of rotatable bonds is 2. The van der Waals surface area contributed by atoms with E-state index in [2.05, 4.69) is 5.10 Å². The van der Waals surface area contributed by atoms with Crippen molar-refractivity contribution >= 4 is 28.8 Å². The van der Waals surface area contributed by atoms with Crippen LogP contribution in [0.3, 0.4) is 0 Å². The summed E-state index contributed by atoms with van der Waals surface area (Å²) in [6, 6.07) is 5.23. The summed E-state index contributed by atoms with van der Waals surface area (Å²) in [6.45, 7) is 1.44. The zero-order chi connectivity index (χ0) is 12.6. The highest BCUT2D eigenvalue weighted by Crippen LogP contribution is 2.22. The first-order chi connectivity index (χ1) is 8.00. The van der Waals surface area contributed by atoms with Crippen LogP contribution in [0, 0.1) is 10.1 Å². The summed E-state index contributed by atoms with van der Waals surface area (Å²) in [6.07, 6.45) is 0. The third-order valence-corrected chi connectivity index (χ3v) is 2.27. The molecule has 1 aromatic carbocycles. The molecule has 1 heterocycles. The highest BCUT2D eigenvalue weighted by atomic mass is 16.6. The molecule has 0 spiro atoms. The van der Waals surface area contributed by atoms with E-state index in [9.17, 15) is 19.7 Å². The van der Waals surface area contributed by atoms with Crippen molar-refractivity contribution in [1.29, 1.82) is 0 Å². The van der Waals surface area contributed by atoms with Crippen LogP contribution in [-0.4, -0.2) is 22.3 Å². The minimum absolute atomic E-state index is 0.0903. The minimum atomic E-state index is -0.753. The van der Waals surface area contributed by atoms with Crippen molar-refractivity contribution in [2.45, 2.75) is 6.92 Å². The Kier molecular flexibility index (Phi) is 2.43. The maximum Gasteiger partial charge on any atom is 0.321 e. The van der Waals surface area contributed by atoms with Gasteiger partial charge in [-0.3, -0.25) is 19.7 Å². The number of nitrogens with zero attached hydrogens (tertiary/aromatic N) is 3. The number of hydrogen-bond donors (Lipinski definition) is 0. The standard InChI is InChI=1S/C10H7N3O4/c1-6-9(14)10(15)12(11-6)7-2-4-8(5-3-7)13(16)17/h2-5H,1H3. The largest absolute Gasteiger partial charge is 0.321 e. The smallest absolute Gasteiger partial charge is 0.282 e. The van der Waals surface area contributed by atoms with Gasteiger partial charge in [-0.25, -0.2) is 0 Å². The summed E-state index contributed by atoms with van der Waals surface area (Å²) in [5.41, 5.74) is 0.339. The van der Waals surface area contributed by atoms with Gasteiger partial charge in [0.2, 0.25) is 0 Å². The van der Waals surface area contributed by atoms with Crippen molar-refractivity contribution in [3.05, 3.63) is 34.4 Å². The van der Waals surface area contributed by atoms with E-state index in [1.807, 2.05) is 0 Å². The molecule has 0 saturated heterocycles. The Bertz CT molecular complexity index is 547. The molecule has 17 heavy (non-hydrogen) atoms. The summed E-state index contributed by atoms with van der Waals surface area (Å²) in [4.78, 5) is 32.6. The highest BCUT2D eigenvalue weighted by molar-refractivity contribution is 6.69. The van der Waals surface area contributed by atoms with Crippen molar-refractivity contribution in [2.24, 2.45) is 5.10 Å². The predicted molar refractivity (Wildman–Crippen MR) is 58.7 cm³/mol. The second-order valence-electron chi connectivity index (χ2n) is 3.40. The summed E-state index contributed by atoms with van der Waals surface area (Å²) in [5.74, 6) is -1.42. The predicted octanol–water partition coefficient (Wildman–Crippen LogP) is 0.886. The van der Waals surface area contributed by atoms with Crippen LogP contribution in [0.4, 0.5) is 11.4 Å². The lowest BCUT2D eigenvalue weighted by Crippen LogP contribution is -2.26.